The van der Waals surface area contributed by atoms with Crippen molar-refractivity contribution in [2.75, 3.05) is 24.5 Å². The van der Waals surface area contributed by atoms with Gasteiger partial charge in [0.05, 0.1) is 0 Å². The molecule has 0 amide bonds. The third-order valence-electron chi connectivity index (χ3n) is 6.83. The Hall–Kier alpha value is -1.16. The number of nitrogens with one attached hydrogen (secondary N) is 1. The molecule has 5 aliphatic rings. The number of anilines is 1. The second-order valence-corrected chi connectivity index (χ2v) is 8.41. The highest BCUT2D eigenvalue weighted by Gasteiger charge is 2.43. The highest BCUT2D eigenvalue weighted by molar-refractivity contribution is 5.42. The van der Waals surface area contributed by atoms with Crippen LogP contribution in [0.3, 0.4) is 0 Å². The van der Waals surface area contributed by atoms with Gasteiger partial charge in [-0.3, -0.25) is 0 Å². The van der Waals surface area contributed by atoms with E-state index in [0.717, 1.165) is 36.9 Å². The summed E-state index contributed by atoms with van der Waals surface area (Å²) in [7, 11) is 0. The maximum absolute atomic E-state index is 4.70. The Balaban J connectivity index is 1.42. The van der Waals surface area contributed by atoms with E-state index in [0.29, 0.717) is 5.92 Å². The fourth-order valence-corrected chi connectivity index (χ4v) is 5.92. The van der Waals surface area contributed by atoms with Crippen molar-refractivity contribution < 1.29 is 0 Å². The molecule has 1 aromatic rings. The van der Waals surface area contributed by atoms with Crippen molar-refractivity contribution in [2.24, 2.45) is 17.8 Å². The van der Waals surface area contributed by atoms with Crippen LogP contribution >= 0.6 is 0 Å². The summed E-state index contributed by atoms with van der Waals surface area (Å²) in [6.45, 7) is 3.49. The number of rotatable bonds is 2. The Labute approximate surface area is 139 Å². The lowest BCUT2D eigenvalue weighted by molar-refractivity contribution is 0.157. The standard InChI is InChI=1S/C19H28N4/c1-3-20-4-2-16(1)18-10-19(22-12-21-18)23-11-15-6-13-5-14(7-15)9-17(23)8-13/h10,12-17,20H,1-9,11H2/t13-,14+,15?,17?. The van der Waals surface area contributed by atoms with E-state index in [1.807, 2.05) is 6.33 Å². The van der Waals surface area contributed by atoms with E-state index in [9.17, 15) is 0 Å². The lowest BCUT2D eigenvalue weighted by Gasteiger charge is -2.39. The zero-order valence-corrected chi connectivity index (χ0v) is 14.0. The van der Waals surface area contributed by atoms with Crippen LogP contribution in [0, 0.1) is 17.8 Å². The summed E-state index contributed by atoms with van der Waals surface area (Å²) in [6, 6.07) is 3.06. The van der Waals surface area contributed by atoms with Crippen LogP contribution in [0.25, 0.3) is 0 Å². The summed E-state index contributed by atoms with van der Waals surface area (Å²) in [4.78, 5) is 12.0. The predicted octanol–water partition coefficient (Wildman–Crippen LogP) is 2.96. The van der Waals surface area contributed by atoms with Crippen molar-refractivity contribution in [3.63, 3.8) is 0 Å². The van der Waals surface area contributed by atoms with Crippen LogP contribution in [0.2, 0.25) is 0 Å². The number of aromatic nitrogens is 2. The van der Waals surface area contributed by atoms with Crippen molar-refractivity contribution in [3.8, 4) is 0 Å². The zero-order valence-electron chi connectivity index (χ0n) is 14.0. The van der Waals surface area contributed by atoms with E-state index < -0.39 is 0 Å². The van der Waals surface area contributed by atoms with E-state index in [-0.39, 0.29) is 0 Å². The zero-order chi connectivity index (χ0) is 15.2. The molecule has 3 aliphatic heterocycles. The molecule has 23 heavy (non-hydrogen) atoms. The lowest BCUT2D eigenvalue weighted by atomic mass is 9.68. The fraction of sp³-hybridized carbons (Fsp3) is 0.789. The normalized spacial score (nSPS) is 37.1. The van der Waals surface area contributed by atoms with Crippen LogP contribution < -0.4 is 10.2 Å². The van der Waals surface area contributed by atoms with E-state index in [4.69, 9.17) is 4.98 Å². The quantitative estimate of drug-likeness (QED) is 0.911. The van der Waals surface area contributed by atoms with Crippen LogP contribution in [0.5, 0.6) is 0 Å². The molecular weight excluding hydrogens is 284 g/mol. The molecule has 4 bridgehead atoms. The Kier molecular flexibility index (Phi) is 3.54. The monoisotopic (exact) mass is 312 g/mol. The van der Waals surface area contributed by atoms with Crippen molar-refractivity contribution in [1.82, 2.24) is 15.3 Å². The first kappa shape index (κ1) is 14.2. The molecule has 4 heterocycles. The largest absolute Gasteiger partial charge is 0.353 e. The third kappa shape index (κ3) is 2.65. The van der Waals surface area contributed by atoms with Gasteiger partial charge in [-0.2, -0.15) is 0 Å². The van der Waals surface area contributed by atoms with E-state index in [2.05, 4.69) is 21.3 Å². The highest BCUT2D eigenvalue weighted by Crippen LogP contribution is 2.48. The Morgan fingerprint density at radius 1 is 0.913 bits per heavy atom. The van der Waals surface area contributed by atoms with Gasteiger partial charge in [-0.25, -0.2) is 9.97 Å². The average Bonchev–Trinajstić information content (AvgIpc) is 2.79. The van der Waals surface area contributed by atoms with Gasteiger partial charge in [0.2, 0.25) is 0 Å². The summed E-state index contributed by atoms with van der Waals surface area (Å²) in [5.74, 6) is 4.73. The maximum Gasteiger partial charge on any atom is 0.132 e. The van der Waals surface area contributed by atoms with Crippen molar-refractivity contribution in [1.29, 1.82) is 0 Å². The van der Waals surface area contributed by atoms with Crippen LogP contribution in [0.4, 0.5) is 5.82 Å². The molecule has 4 atom stereocenters. The molecule has 4 nitrogen and oxygen atoms in total. The smallest absolute Gasteiger partial charge is 0.132 e. The Morgan fingerprint density at radius 3 is 2.43 bits per heavy atom. The Morgan fingerprint density at radius 2 is 1.65 bits per heavy atom. The topological polar surface area (TPSA) is 41.1 Å². The molecule has 5 fully saturated rings. The first-order valence-electron chi connectivity index (χ1n) is 9.64. The van der Waals surface area contributed by atoms with Gasteiger partial charge < -0.3 is 10.2 Å². The minimum Gasteiger partial charge on any atom is -0.353 e. The molecule has 2 unspecified atom stereocenters. The first-order valence-corrected chi connectivity index (χ1v) is 9.64. The molecule has 6 rings (SSSR count). The first-order chi connectivity index (χ1) is 11.3. The number of fused-ring (bicyclic) bond motifs is 1. The third-order valence-corrected chi connectivity index (χ3v) is 6.83. The molecule has 3 saturated heterocycles. The molecule has 2 saturated carbocycles. The number of hydrogen-bond acceptors (Lipinski definition) is 4. The molecule has 124 valence electrons. The van der Waals surface area contributed by atoms with Gasteiger partial charge in [-0.1, -0.05) is 0 Å². The molecule has 2 aliphatic carbocycles. The average molecular weight is 312 g/mol. The van der Waals surface area contributed by atoms with E-state index in [1.54, 1.807) is 0 Å². The van der Waals surface area contributed by atoms with Gasteiger partial charge in [0, 0.05) is 30.3 Å². The summed E-state index contributed by atoms with van der Waals surface area (Å²) < 4.78 is 0. The molecular formula is C19H28N4. The maximum atomic E-state index is 4.70. The van der Waals surface area contributed by atoms with Gasteiger partial charge in [0.25, 0.3) is 0 Å². The van der Waals surface area contributed by atoms with Gasteiger partial charge in [-0.05, 0) is 75.8 Å². The molecule has 0 radical (unpaired) electrons. The van der Waals surface area contributed by atoms with Crippen molar-refractivity contribution in [3.05, 3.63) is 18.1 Å². The Bertz CT molecular complexity index is 554. The van der Waals surface area contributed by atoms with Crippen LogP contribution in [-0.4, -0.2) is 35.6 Å². The second-order valence-electron chi connectivity index (χ2n) is 8.41. The summed E-state index contributed by atoms with van der Waals surface area (Å²) in [5, 5.41) is 3.46. The van der Waals surface area contributed by atoms with Gasteiger partial charge >= 0.3 is 0 Å². The van der Waals surface area contributed by atoms with Crippen LogP contribution in [0.1, 0.15) is 56.6 Å². The number of hydrogen-bond donors (Lipinski definition) is 1. The molecule has 0 spiro atoms. The SMILES string of the molecule is c1nc(C2CCNCC2)cc(N2CC3C[C@@H]4CC2C[C@H](C3)C4)n1. The molecule has 0 aromatic carbocycles. The van der Waals surface area contributed by atoms with E-state index >= 15 is 0 Å². The van der Waals surface area contributed by atoms with Crippen molar-refractivity contribution >= 4 is 5.82 Å². The molecule has 1 aromatic heterocycles. The van der Waals surface area contributed by atoms with Crippen molar-refractivity contribution in [2.45, 2.75) is 56.9 Å². The van der Waals surface area contributed by atoms with Crippen LogP contribution in [-0.2, 0) is 0 Å². The van der Waals surface area contributed by atoms with Gasteiger partial charge in [-0.15, -0.1) is 0 Å². The second kappa shape index (κ2) is 5.73. The predicted molar refractivity (Wildman–Crippen MR) is 91.6 cm³/mol. The lowest BCUT2D eigenvalue weighted by Crippen LogP contribution is -2.38. The minimum absolute atomic E-state index is 0.623. The van der Waals surface area contributed by atoms with Gasteiger partial charge in [0.15, 0.2) is 0 Å². The molecule has 1 N–H and O–H groups in total. The summed E-state index contributed by atoms with van der Waals surface area (Å²) >= 11 is 0. The number of nitrogens with zero attached hydrogens (tertiary/aromatic N) is 3. The van der Waals surface area contributed by atoms with Crippen LogP contribution in [0.15, 0.2) is 12.4 Å². The van der Waals surface area contributed by atoms with Gasteiger partial charge in [0.1, 0.15) is 12.1 Å². The van der Waals surface area contributed by atoms with E-state index in [1.165, 1.54) is 63.0 Å². The number of piperidine rings is 1. The highest BCUT2D eigenvalue weighted by atomic mass is 15.2. The summed E-state index contributed by atoms with van der Waals surface area (Å²) in [6.07, 6.45) is 11.5. The minimum atomic E-state index is 0.623. The fourth-order valence-electron chi connectivity index (χ4n) is 5.92. The summed E-state index contributed by atoms with van der Waals surface area (Å²) in [5.41, 5.74) is 1.28. The molecule has 4 heteroatoms.